The average Bonchev–Trinajstić information content (AvgIpc) is 2.45. The Morgan fingerprint density at radius 2 is 1.22 bits per heavy atom. The second-order valence-corrected chi connectivity index (χ2v) is 5.62. The van der Waals surface area contributed by atoms with Crippen LogP contribution in [0.4, 0.5) is 26.3 Å². The second kappa shape index (κ2) is 5.83. The van der Waals surface area contributed by atoms with Gasteiger partial charge in [-0.3, -0.25) is 0 Å². The molecule has 0 amide bonds. The second-order valence-electron chi connectivity index (χ2n) is 4.76. The molecular formula is C15H9BrF6O. The van der Waals surface area contributed by atoms with Crippen LogP contribution in [0, 0.1) is 0 Å². The third kappa shape index (κ3) is 3.23. The van der Waals surface area contributed by atoms with E-state index in [1.165, 1.54) is 18.2 Å². The Morgan fingerprint density at radius 1 is 0.739 bits per heavy atom. The first-order valence-electron chi connectivity index (χ1n) is 6.20. The molecule has 1 nitrogen and oxygen atoms in total. The molecule has 0 bridgehead atoms. The monoisotopic (exact) mass is 398 g/mol. The van der Waals surface area contributed by atoms with Crippen LogP contribution < -0.4 is 0 Å². The van der Waals surface area contributed by atoms with Gasteiger partial charge in [-0.05, 0) is 23.8 Å². The standard InChI is InChI=1S/C15H9BrF6O/c16-12-4-2-1-3-11(12)13(23,15(20,21)22)9-5-7-10(8-6-9)14(17,18)19/h1-8,23H. The van der Waals surface area contributed by atoms with E-state index in [1.54, 1.807) is 0 Å². The Kier molecular flexibility index (Phi) is 4.51. The SMILES string of the molecule is OC(c1ccc(C(F)(F)F)cc1)(c1ccccc1Br)C(F)(F)F. The lowest BCUT2D eigenvalue weighted by Crippen LogP contribution is -2.43. The predicted molar refractivity (Wildman–Crippen MR) is 74.6 cm³/mol. The van der Waals surface area contributed by atoms with Crippen LogP contribution in [0.3, 0.4) is 0 Å². The summed E-state index contributed by atoms with van der Waals surface area (Å²) in [6.07, 6.45) is -9.81. The van der Waals surface area contributed by atoms with Crippen molar-refractivity contribution >= 4 is 15.9 Å². The summed E-state index contributed by atoms with van der Waals surface area (Å²) < 4.78 is 78.1. The summed E-state index contributed by atoms with van der Waals surface area (Å²) in [4.78, 5) is 0. The fraction of sp³-hybridized carbons (Fsp3) is 0.200. The molecule has 0 aliphatic rings. The molecule has 1 N–H and O–H groups in total. The highest BCUT2D eigenvalue weighted by atomic mass is 79.9. The quantitative estimate of drug-likeness (QED) is 0.683. The fourth-order valence-corrected chi connectivity index (χ4v) is 2.70. The van der Waals surface area contributed by atoms with Crippen molar-refractivity contribution in [2.24, 2.45) is 0 Å². The third-order valence-electron chi connectivity index (χ3n) is 3.30. The summed E-state index contributed by atoms with van der Waals surface area (Å²) in [5.41, 5.74) is -5.74. The van der Waals surface area contributed by atoms with Crippen molar-refractivity contribution in [2.45, 2.75) is 18.0 Å². The van der Waals surface area contributed by atoms with Crippen molar-refractivity contribution in [3.63, 3.8) is 0 Å². The molecule has 0 saturated carbocycles. The van der Waals surface area contributed by atoms with Gasteiger partial charge >= 0.3 is 12.4 Å². The first-order valence-corrected chi connectivity index (χ1v) is 6.99. The van der Waals surface area contributed by atoms with Crippen LogP contribution in [-0.4, -0.2) is 11.3 Å². The third-order valence-corrected chi connectivity index (χ3v) is 4.00. The van der Waals surface area contributed by atoms with Crippen molar-refractivity contribution in [1.82, 2.24) is 0 Å². The molecule has 0 aliphatic carbocycles. The van der Waals surface area contributed by atoms with E-state index in [2.05, 4.69) is 15.9 Å². The molecule has 2 aromatic carbocycles. The number of hydrogen-bond donors (Lipinski definition) is 1. The lowest BCUT2D eigenvalue weighted by atomic mass is 9.85. The molecule has 0 fully saturated rings. The normalized spacial score (nSPS) is 15.3. The number of halogens is 7. The summed E-state index contributed by atoms with van der Waals surface area (Å²) in [6.45, 7) is 0. The zero-order valence-electron chi connectivity index (χ0n) is 11.2. The van der Waals surface area contributed by atoms with E-state index in [0.717, 1.165) is 6.07 Å². The van der Waals surface area contributed by atoms with Gasteiger partial charge in [0.2, 0.25) is 5.60 Å². The Bertz CT molecular complexity index is 692. The van der Waals surface area contributed by atoms with Gasteiger partial charge in [-0.2, -0.15) is 26.3 Å². The fourth-order valence-electron chi connectivity index (χ4n) is 2.13. The number of benzene rings is 2. The molecule has 0 aromatic heterocycles. The van der Waals surface area contributed by atoms with E-state index in [4.69, 9.17) is 0 Å². The minimum absolute atomic E-state index is 0.0141. The molecule has 1 unspecified atom stereocenters. The van der Waals surface area contributed by atoms with E-state index >= 15 is 0 Å². The molecule has 8 heteroatoms. The molecule has 1 atom stereocenters. The van der Waals surface area contributed by atoms with Crippen LogP contribution in [-0.2, 0) is 11.8 Å². The largest absolute Gasteiger partial charge is 0.425 e. The van der Waals surface area contributed by atoms with Crippen LogP contribution in [0.2, 0.25) is 0 Å². The Balaban J connectivity index is 2.64. The summed E-state index contributed by atoms with van der Waals surface area (Å²) in [7, 11) is 0. The number of aliphatic hydroxyl groups is 1. The Labute approximate surface area is 135 Å². The summed E-state index contributed by atoms with van der Waals surface area (Å²) >= 11 is 2.93. The average molecular weight is 399 g/mol. The van der Waals surface area contributed by atoms with Gasteiger partial charge in [-0.25, -0.2) is 0 Å². The van der Waals surface area contributed by atoms with Gasteiger partial charge in [-0.1, -0.05) is 46.3 Å². The molecule has 0 saturated heterocycles. The zero-order chi connectivity index (χ0) is 17.5. The zero-order valence-corrected chi connectivity index (χ0v) is 12.8. The smallest absolute Gasteiger partial charge is 0.372 e. The maximum absolute atomic E-state index is 13.5. The molecule has 2 aromatic rings. The molecule has 124 valence electrons. The minimum Gasteiger partial charge on any atom is -0.372 e. The highest BCUT2D eigenvalue weighted by molar-refractivity contribution is 9.10. The lowest BCUT2D eigenvalue weighted by molar-refractivity contribution is -0.248. The molecule has 0 aliphatic heterocycles. The Morgan fingerprint density at radius 3 is 1.65 bits per heavy atom. The summed E-state index contributed by atoms with van der Waals surface area (Å²) in [6, 6.07) is 7.35. The van der Waals surface area contributed by atoms with Crippen LogP contribution in [0.1, 0.15) is 16.7 Å². The van der Waals surface area contributed by atoms with E-state index < -0.39 is 34.6 Å². The van der Waals surface area contributed by atoms with Gasteiger partial charge in [-0.15, -0.1) is 0 Å². The van der Waals surface area contributed by atoms with E-state index in [1.807, 2.05) is 0 Å². The van der Waals surface area contributed by atoms with Gasteiger partial charge in [0.25, 0.3) is 0 Å². The maximum Gasteiger partial charge on any atom is 0.425 e. The first-order chi connectivity index (χ1) is 10.5. The minimum atomic E-state index is -5.13. The van der Waals surface area contributed by atoms with Crippen LogP contribution >= 0.6 is 15.9 Å². The molecular weight excluding hydrogens is 390 g/mol. The highest BCUT2D eigenvalue weighted by Gasteiger charge is 2.57. The molecule has 23 heavy (non-hydrogen) atoms. The number of hydrogen-bond acceptors (Lipinski definition) is 1. The molecule has 0 spiro atoms. The van der Waals surface area contributed by atoms with Crippen molar-refractivity contribution < 1.29 is 31.4 Å². The summed E-state index contributed by atoms with van der Waals surface area (Å²) in [5.74, 6) is 0. The number of rotatable bonds is 2. The van der Waals surface area contributed by atoms with Crippen LogP contribution in [0.25, 0.3) is 0 Å². The van der Waals surface area contributed by atoms with E-state index in [0.29, 0.717) is 24.3 Å². The highest BCUT2D eigenvalue weighted by Crippen LogP contribution is 2.46. The van der Waals surface area contributed by atoms with Gasteiger partial charge in [0.15, 0.2) is 0 Å². The van der Waals surface area contributed by atoms with Gasteiger partial charge in [0, 0.05) is 10.0 Å². The lowest BCUT2D eigenvalue weighted by Gasteiger charge is -2.32. The van der Waals surface area contributed by atoms with Crippen LogP contribution in [0.5, 0.6) is 0 Å². The van der Waals surface area contributed by atoms with E-state index in [9.17, 15) is 31.4 Å². The first kappa shape index (κ1) is 17.8. The van der Waals surface area contributed by atoms with Crippen molar-refractivity contribution in [3.8, 4) is 0 Å². The van der Waals surface area contributed by atoms with Crippen molar-refractivity contribution in [1.29, 1.82) is 0 Å². The van der Waals surface area contributed by atoms with Gasteiger partial charge in [0.05, 0.1) is 5.56 Å². The predicted octanol–water partition coefficient (Wildman–Crippen LogP) is 5.27. The van der Waals surface area contributed by atoms with Crippen molar-refractivity contribution in [2.75, 3.05) is 0 Å². The molecule has 0 heterocycles. The summed E-state index contributed by atoms with van der Waals surface area (Å²) in [5, 5.41) is 10.3. The van der Waals surface area contributed by atoms with Gasteiger partial charge < -0.3 is 5.11 Å². The number of alkyl halides is 6. The van der Waals surface area contributed by atoms with Crippen molar-refractivity contribution in [3.05, 3.63) is 69.7 Å². The maximum atomic E-state index is 13.5. The Hall–Kier alpha value is -1.54. The van der Waals surface area contributed by atoms with E-state index in [-0.39, 0.29) is 4.47 Å². The van der Waals surface area contributed by atoms with Gasteiger partial charge in [0.1, 0.15) is 0 Å². The molecule has 0 radical (unpaired) electrons. The molecule has 2 rings (SSSR count). The topological polar surface area (TPSA) is 20.2 Å². The van der Waals surface area contributed by atoms with Crippen LogP contribution in [0.15, 0.2) is 53.0 Å².